The van der Waals surface area contributed by atoms with Crippen molar-refractivity contribution in [3.8, 4) is 0 Å². The number of hydrogen-bond acceptors (Lipinski definition) is 4. The van der Waals surface area contributed by atoms with Gasteiger partial charge in [0, 0.05) is 24.0 Å². The lowest BCUT2D eigenvalue weighted by atomic mass is 9.93. The zero-order valence-corrected chi connectivity index (χ0v) is 21.0. The standard InChI is InChI=1S/C26H38N4O2S/c1-3-20-16-21-23(33-20)17-22-24(31)30(15-14-28-12-8-9-13-28)26(2,18-29(21)22)25(32)27-19-10-6-4-5-7-11-19/h16-17,19H,3-15,18H2,1-2H3,(H,27,32). The molecule has 0 radical (unpaired) electrons. The van der Waals surface area contributed by atoms with Gasteiger partial charge in [-0.25, -0.2) is 0 Å². The minimum absolute atomic E-state index is 0.000381. The molecule has 2 aliphatic heterocycles. The van der Waals surface area contributed by atoms with Gasteiger partial charge < -0.3 is 19.7 Å². The number of carbonyl (C=O) groups excluding carboxylic acids is 2. The lowest BCUT2D eigenvalue weighted by Gasteiger charge is -2.45. The Bertz CT molecular complexity index is 1010. The Morgan fingerprint density at radius 3 is 2.52 bits per heavy atom. The summed E-state index contributed by atoms with van der Waals surface area (Å²) in [5.41, 5.74) is 0.962. The molecule has 1 saturated carbocycles. The van der Waals surface area contributed by atoms with Crippen LogP contribution in [0.2, 0.25) is 0 Å². The van der Waals surface area contributed by atoms with Crippen molar-refractivity contribution in [3.63, 3.8) is 0 Å². The van der Waals surface area contributed by atoms with Crippen molar-refractivity contribution >= 4 is 33.4 Å². The van der Waals surface area contributed by atoms with Crippen LogP contribution in [0.15, 0.2) is 12.1 Å². The number of hydrogen-bond donors (Lipinski definition) is 1. The zero-order chi connectivity index (χ0) is 23.0. The fraction of sp³-hybridized carbons (Fsp3) is 0.692. The van der Waals surface area contributed by atoms with Crippen molar-refractivity contribution in [1.82, 2.24) is 19.7 Å². The number of nitrogens with one attached hydrogen (secondary N) is 1. The average Bonchev–Trinajstić information content (AvgIpc) is 3.48. The molecule has 6 nitrogen and oxygen atoms in total. The first-order chi connectivity index (χ1) is 16.0. The van der Waals surface area contributed by atoms with E-state index >= 15 is 0 Å². The van der Waals surface area contributed by atoms with Crippen LogP contribution in [-0.4, -0.2) is 63.9 Å². The fourth-order valence-electron chi connectivity index (χ4n) is 5.93. The summed E-state index contributed by atoms with van der Waals surface area (Å²) in [7, 11) is 0. The number of likely N-dealkylation sites (tertiary alicyclic amines) is 1. The van der Waals surface area contributed by atoms with Crippen molar-refractivity contribution in [1.29, 1.82) is 0 Å². The number of nitrogens with zero attached hydrogens (tertiary/aromatic N) is 3. The first kappa shape index (κ1) is 22.9. The summed E-state index contributed by atoms with van der Waals surface area (Å²) in [5.74, 6) is 0.0167. The topological polar surface area (TPSA) is 57.6 Å². The van der Waals surface area contributed by atoms with E-state index in [0.717, 1.165) is 54.8 Å². The average molecular weight is 471 g/mol. The molecule has 33 heavy (non-hydrogen) atoms. The van der Waals surface area contributed by atoms with Crippen LogP contribution in [0.25, 0.3) is 10.2 Å². The molecule has 5 rings (SSSR count). The lowest BCUT2D eigenvalue weighted by Crippen LogP contribution is -2.65. The molecule has 2 aromatic heterocycles. The third kappa shape index (κ3) is 4.34. The van der Waals surface area contributed by atoms with Crippen LogP contribution in [0.3, 0.4) is 0 Å². The molecule has 180 valence electrons. The SMILES string of the molecule is CCc1cc2c(cc3n2CC(C)(C(=O)NC2CCCCCC2)N(CCN2CCCC2)C3=O)s1. The summed E-state index contributed by atoms with van der Waals surface area (Å²) >= 11 is 1.77. The summed E-state index contributed by atoms with van der Waals surface area (Å²) in [5, 5.41) is 3.38. The Hall–Kier alpha value is -1.86. The van der Waals surface area contributed by atoms with E-state index in [4.69, 9.17) is 0 Å². The first-order valence-electron chi connectivity index (χ1n) is 13.0. The van der Waals surface area contributed by atoms with Crippen molar-refractivity contribution in [2.24, 2.45) is 0 Å². The quantitative estimate of drug-likeness (QED) is 0.636. The first-order valence-corrected chi connectivity index (χ1v) is 13.8. The van der Waals surface area contributed by atoms with Gasteiger partial charge in [0.05, 0.1) is 16.8 Å². The minimum Gasteiger partial charge on any atom is -0.351 e. The van der Waals surface area contributed by atoms with Gasteiger partial charge in [-0.2, -0.15) is 0 Å². The zero-order valence-electron chi connectivity index (χ0n) is 20.2. The molecule has 1 N–H and O–H groups in total. The Morgan fingerprint density at radius 1 is 1.09 bits per heavy atom. The molecule has 1 saturated heterocycles. The van der Waals surface area contributed by atoms with Gasteiger partial charge in [-0.05, 0) is 64.3 Å². The molecule has 1 unspecified atom stereocenters. The number of thiophene rings is 1. The highest BCUT2D eigenvalue weighted by Crippen LogP contribution is 2.36. The van der Waals surface area contributed by atoms with Crippen LogP contribution in [0.1, 0.15) is 80.6 Å². The monoisotopic (exact) mass is 470 g/mol. The van der Waals surface area contributed by atoms with Crippen LogP contribution < -0.4 is 5.32 Å². The van der Waals surface area contributed by atoms with Gasteiger partial charge in [-0.15, -0.1) is 11.3 Å². The second-order valence-corrected chi connectivity index (χ2v) is 11.5. The Morgan fingerprint density at radius 2 is 1.82 bits per heavy atom. The van der Waals surface area contributed by atoms with E-state index in [2.05, 4.69) is 27.8 Å². The van der Waals surface area contributed by atoms with Gasteiger partial charge in [0.2, 0.25) is 5.91 Å². The highest BCUT2D eigenvalue weighted by molar-refractivity contribution is 7.19. The van der Waals surface area contributed by atoms with E-state index in [0.29, 0.717) is 13.1 Å². The largest absolute Gasteiger partial charge is 0.351 e. The molecule has 4 heterocycles. The number of aryl methyl sites for hydroxylation is 1. The lowest BCUT2D eigenvalue weighted by molar-refractivity contribution is -0.133. The maximum atomic E-state index is 13.9. The number of carbonyl (C=O) groups is 2. The van der Waals surface area contributed by atoms with Crippen LogP contribution in [0.4, 0.5) is 0 Å². The van der Waals surface area contributed by atoms with E-state index < -0.39 is 5.54 Å². The van der Waals surface area contributed by atoms with E-state index in [1.807, 2.05) is 17.9 Å². The van der Waals surface area contributed by atoms with Gasteiger partial charge in [0.25, 0.3) is 5.91 Å². The molecule has 3 aliphatic rings. The van der Waals surface area contributed by atoms with Gasteiger partial charge >= 0.3 is 0 Å². The van der Waals surface area contributed by atoms with E-state index in [1.165, 1.54) is 43.4 Å². The molecule has 2 fully saturated rings. The summed E-state index contributed by atoms with van der Waals surface area (Å²) in [4.78, 5) is 33.3. The second-order valence-electron chi connectivity index (χ2n) is 10.4. The van der Waals surface area contributed by atoms with Crippen molar-refractivity contribution in [2.45, 2.75) is 89.8 Å². The minimum atomic E-state index is -0.879. The van der Waals surface area contributed by atoms with E-state index in [1.54, 1.807) is 11.3 Å². The summed E-state index contributed by atoms with van der Waals surface area (Å²) in [6.45, 7) is 8.31. The van der Waals surface area contributed by atoms with Crippen LogP contribution in [0.5, 0.6) is 0 Å². The van der Waals surface area contributed by atoms with Crippen molar-refractivity contribution < 1.29 is 9.59 Å². The van der Waals surface area contributed by atoms with Gasteiger partial charge in [-0.3, -0.25) is 9.59 Å². The summed E-state index contributed by atoms with van der Waals surface area (Å²) in [6.07, 6.45) is 10.4. The normalized spacial score (nSPS) is 24.9. The predicted molar refractivity (Wildman–Crippen MR) is 134 cm³/mol. The van der Waals surface area contributed by atoms with E-state index in [-0.39, 0.29) is 17.9 Å². The molecular formula is C26H38N4O2S. The molecular weight excluding hydrogens is 432 g/mol. The molecule has 0 aromatic carbocycles. The predicted octanol–water partition coefficient (Wildman–Crippen LogP) is 4.41. The maximum absolute atomic E-state index is 13.9. The van der Waals surface area contributed by atoms with Gasteiger partial charge in [0.15, 0.2) is 0 Å². The number of fused-ring (bicyclic) bond motifs is 3. The van der Waals surface area contributed by atoms with Gasteiger partial charge in [-0.1, -0.05) is 32.6 Å². The van der Waals surface area contributed by atoms with E-state index in [9.17, 15) is 9.59 Å². The Balaban J connectivity index is 1.45. The molecule has 2 amide bonds. The highest BCUT2D eigenvalue weighted by Gasteiger charge is 2.48. The molecule has 1 atom stereocenters. The second kappa shape index (κ2) is 9.41. The summed E-state index contributed by atoms with van der Waals surface area (Å²) < 4.78 is 3.27. The van der Waals surface area contributed by atoms with Crippen LogP contribution in [0, 0.1) is 0 Å². The number of rotatable bonds is 6. The van der Waals surface area contributed by atoms with Gasteiger partial charge in [0.1, 0.15) is 11.2 Å². The van der Waals surface area contributed by atoms with Crippen molar-refractivity contribution in [2.75, 3.05) is 26.2 Å². The Labute approximate surface area is 201 Å². The number of aromatic nitrogens is 1. The fourth-order valence-corrected chi connectivity index (χ4v) is 6.97. The van der Waals surface area contributed by atoms with Crippen molar-refractivity contribution in [3.05, 3.63) is 22.7 Å². The van der Waals surface area contributed by atoms with Crippen LogP contribution >= 0.6 is 11.3 Å². The molecule has 0 bridgehead atoms. The highest BCUT2D eigenvalue weighted by atomic mass is 32.1. The Kier molecular flexibility index (Phi) is 6.54. The molecule has 0 spiro atoms. The van der Waals surface area contributed by atoms with Crippen LogP contribution in [-0.2, 0) is 17.8 Å². The molecule has 2 aromatic rings. The third-order valence-corrected chi connectivity index (χ3v) is 9.25. The maximum Gasteiger partial charge on any atom is 0.271 e. The molecule has 7 heteroatoms. The smallest absolute Gasteiger partial charge is 0.271 e. The molecule has 1 aliphatic carbocycles. The summed E-state index contributed by atoms with van der Waals surface area (Å²) in [6, 6.07) is 4.49. The third-order valence-electron chi connectivity index (χ3n) is 8.03. The number of amides is 2.